The van der Waals surface area contributed by atoms with Crippen molar-refractivity contribution in [3.05, 3.63) is 22.3 Å². The first-order chi connectivity index (χ1) is 8.69. The van der Waals surface area contributed by atoms with Gasteiger partial charge in [-0.1, -0.05) is 0 Å². The molecule has 0 aliphatic carbocycles. The third-order valence-electron chi connectivity index (χ3n) is 3.55. The van der Waals surface area contributed by atoms with E-state index in [1.165, 1.54) is 5.56 Å². The van der Waals surface area contributed by atoms with Crippen LogP contribution < -0.4 is 4.90 Å². The minimum absolute atomic E-state index is 0.389. The van der Waals surface area contributed by atoms with Crippen LogP contribution in [0.3, 0.4) is 0 Å². The molecule has 0 unspecified atom stereocenters. The molecule has 1 aromatic rings. The Bertz CT molecular complexity index is 447. The molecule has 0 atom stereocenters. The summed E-state index contributed by atoms with van der Waals surface area (Å²) in [6.07, 6.45) is 3.91. The zero-order valence-corrected chi connectivity index (χ0v) is 12.1. The molecule has 0 bridgehead atoms. The minimum Gasteiger partial charge on any atom is -0.351 e. The topological polar surface area (TPSA) is 34.6 Å². The molecular weight excluding hydrogens is 296 g/mol. The predicted octanol–water partition coefficient (Wildman–Crippen LogP) is 2.50. The molecule has 3 rings (SSSR count). The molecule has 5 heteroatoms. The van der Waals surface area contributed by atoms with E-state index in [1.54, 1.807) is 0 Å². The molecule has 0 N–H and O–H groups in total. The standard InChI is InChI=1S/C13H17BrN2O2/c1-10-7-11(14)8-15-12(10)16-4-2-3-13(9-16)17-5-6-18-13/h7-8H,2-6,9H2,1H3. The maximum atomic E-state index is 5.80. The van der Waals surface area contributed by atoms with E-state index in [2.05, 4.69) is 38.8 Å². The molecule has 2 aliphatic heterocycles. The second-order valence-electron chi connectivity index (χ2n) is 4.93. The van der Waals surface area contributed by atoms with Gasteiger partial charge in [0.05, 0.1) is 19.8 Å². The number of aryl methyl sites for hydroxylation is 1. The van der Waals surface area contributed by atoms with Gasteiger partial charge >= 0.3 is 0 Å². The van der Waals surface area contributed by atoms with Crippen LogP contribution in [0.25, 0.3) is 0 Å². The normalized spacial score (nSPS) is 22.7. The lowest BCUT2D eigenvalue weighted by molar-refractivity contribution is -0.161. The lowest BCUT2D eigenvalue weighted by Crippen LogP contribution is -2.49. The molecule has 1 spiro atoms. The summed E-state index contributed by atoms with van der Waals surface area (Å²) in [5.74, 6) is 0.649. The number of aromatic nitrogens is 1. The summed E-state index contributed by atoms with van der Waals surface area (Å²) in [6, 6.07) is 2.10. The van der Waals surface area contributed by atoms with Crippen LogP contribution in [0.15, 0.2) is 16.7 Å². The first-order valence-corrected chi connectivity index (χ1v) is 7.13. The quantitative estimate of drug-likeness (QED) is 0.798. The molecule has 0 radical (unpaired) electrons. The van der Waals surface area contributed by atoms with Crippen LogP contribution in [-0.2, 0) is 9.47 Å². The monoisotopic (exact) mass is 312 g/mol. The zero-order chi connectivity index (χ0) is 12.6. The van der Waals surface area contributed by atoms with Crippen LogP contribution in [0.2, 0.25) is 0 Å². The largest absolute Gasteiger partial charge is 0.351 e. The van der Waals surface area contributed by atoms with E-state index in [-0.39, 0.29) is 5.79 Å². The summed E-state index contributed by atoms with van der Waals surface area (Å²) in [5.41, 5.74) is 1.18. The number of nitrogens with zero attached hydrogens (tertiary/aromatic N) is 2. The van der Waals surface area contributed by atoms with Gasteiger partial charge < -0.3 is 14.4 Å². The molecule has 2 saturated heterocycles. The Hall–Kier alpha value is -0.650. The molecule has 0 amide bonds. The van der Waals surface area contributed by atoms with Crippen LogP contribution >= 0.6 is 15.9 Å². The van der Waals surface area contributed by atoms with Gasteiger partial charge in [-0.25, -0.2) is 4.98 Å². The van der Waals surface area contributed by atoms with E-state index in [9.17, 15) is 0 Å². The van der Waals surface area contributed by atoms with Gasteiger partial charge in [-0.15, -0.1) is 0 Å². The van der Waals surface area contributed by atoms with Gasteiger partial charge in [0, 0.05) is 23.6 Å². The Morgan fingerprint density at radius 3 is 2.89 bits per heavy atom. The van der Waals surface area contributed by atoms with Crippen molar-refractivity contribution in [2.75, 3.05) is 31.2 Å². The Kier molecular flexibility index (Phi) is 3.30. The summed E-state index contributed by atoms with van der Waals surface area (Å²) in [6.45, 7) is 5.30. The van der Waals surface area contributed by atoms with E-state index in [0.29, 0.717) is 13.2 Å². The van der Waals surface area contributed by atoms with E-state index < -0.39 is 0 Å². The highest BCUT2D eigenvalue weighted by Gasteiger charge is 2.41. The summed E-state index contributed by atoms with van der Waals surface area (Å²) < 4.78 is 12.6. The van der Waals surface area contributed by atoms with Gasteiger partial charge in [0.2, 0.25) is 0 Å². The number of rotatable bonds is 1. The molecule has 2 fully saturated rings. The second kappa shape index (κ2) is 4.79. The fourth-order valence-electron chi connectivity index (χ4n) is 2.77. The second-order valence-corrected chi connectivity index (χ2v) is 5.84. The molecular formula is C13H17BrN2O2. The van der Waals surface area contributed by atoms with E-state index >= 15 is 0 Å². The zero-order valence-electron chi connectivity index (χ0n) is 10.5. The number of piperidine rings is 1. The third-order valence-corrected chi connectivity index (χ3v) is 3.98. The van der Waals surface area contributed by atoms with E-state index in [1.807, 2.05) is 6.20 Å². The maximum absolute atomic E-state index is 5.80. The SMILES string of the molecule is Cc1cc(Br)cnc1N1CCCC2(C1)OCCO2. The number of anilines is 1. The van der Waals surface area contributed by atoms with Crippen LogP contribution in [0, 0.1) is 6.92 Å². The highest BCUT2D eigenvalue weighted by Crippen LogP contribution is 2.33. The molecule has 0 saturated carbocycles. The summed E-state index contributed by atoms with van der Waals surface area (Å²) >= 11 is 3.45. The van der Waals surface area contributed by atoms with Crippen molar-refractivity contribution in [2.24, 2.45) is 0 Å². The summed E-state index contributed by atoms with van der Waals surface area (Å²) in [7, 11) is 0. The van der Waals surface area contributed by atoms with E-state index in [4.69, 9.17) is 9.47 Å². The van der Waals surface area contributed by atoms with Crippen molar-refractivity contribution in [2.45, 2.75) is 25.6 Å². The van der Waals surface area contributed by atoms with Crippen molar-refractivity contribution in [1.82, 2.24) is 4.98 Å². The molecule has 2 aliphatic rings. The predicted molar refractivity (Wildman–Crippen MR) is 72.8 cm³/mol. The van der Waals surface area contributed by atoms with Crippen LogP contribution in [0.1, 0.15) is 18.4 Å². The molecule has 4 nitrogen and oxygen atoms in total. The van der Waals surface area contributed by atoms with E-state index in [0.717, 1.165) is 36.2 Å². The Morgan fingerprint density at radius 1 is 1.39 bits per heavy atom. The van der Waals surface area contributed by atoms with Gasteiger partial charge in [-0.05, 0) is 40.9 Å². The summed E-state index contributed by atoms with van der Waals surface area (Å²) in [4.78, 5) is 6.80. The number of ether oxygens (including phenoxy) is 2. The van der Waals surface area contributed by atoms with Crippen molar-refractivity contribution in [3.8, 4) is 0 Å². The average molecular weight is 313 g/mol. The summed E-state index contributed by atoms with van der Waals surface area (Å²) in [5, 5.41) is 0. The number of hydrogen-bond acceptors (Lipinski definition) is 4. The van der Waals surface area contributed by atoms with Gasteiger partial charge in [-0.2, -0.15) is 0 Å². The minimum atomic E-state index is -0.389. The maximum Gasteiger partial charge on any atom is 0.186 e. The van der Waals surface area contributed by atoms with Crippen LogP contribution in [0.5, 0.6) is 0 Å². The van der Waals surface area contributed by atoms with Crippen molar-refractivity contribution in [3.63, 3.8) is 0 Å². The van der Waals surface area contributed by atoms with Gasteiger partial charge in [0.15, 0.2) is 5.79 Å². The number of halogens is 1. The fourth-order valence-corrected chi connectivity index (χ4v) is 3.21. The van der Waals surface area contributed by atoms with Crippen LogP contribution in [0.4, 0.5) is 5.82 Å². The van der Waals surface area contributed by atoms with Gasteiger partial charge in [0.1, 0.15) is 5.82 Å². The smallest absolute Gasteiger partial charge is 0.186 e. The average Bonchev–Trinajstić information content (AvgIpc) is 2.77. The van der Waals surface area contributed by atoms with Gasteiger partial charge in [0.25, 0.3) is 0 Å². The molecule has 98 valence electrons. The van der Waals surface area contributed by atoms with Crippen molar-refractivity contribution < 1.29 is 9.47 Å². The Balaban J connectivity index is 1.83. The molecule has 3 heterocycles. The lowest BCUT2D eigenvalue weighted by atomic mass is 10.0. The molecule has 1 aromatic heterocycles. The highest BCUT2D eigenvalue weighted by atomic mass is 79.9. The molecule has 0 aromatic carbocycles. The van der Waals surface area contributed by atoms with Crippen molar-refractivity contribution >= 4 is 21.7 Å². The van der Waals surface area contributed by atoms with Crippen LogP contribution in [-0.4, -0.2) is 37.1 Å². The molecule has 18 heavy (non-hydrogen) atoms. The Labute approximate surface area is 115 Å². The third kappa shape index (κ3) is 2.27. The number of hydrogen-bond donors (Lipinski definition) is 0. The van der Waals surface area contributed by atoms with Gasteiger partial charge in [-0.3, -0.25) is 0 Å². The number of pyridine rings is 1. The first kappa shape index (κ1) is 12.4. The highest BCUT2D eigenvalue weighted by molar-refractivity contribution is 9.10. The fraction of sp³-hybridized carbons (Fsp3) is 0.615. The lowest BCUT2D eigenvalue weighted by Gasteiger charge is -2.39. The first-order valence-electron chi connectivity index (χ1n) is 6.34. The Morgan fingerprint density at radius 2 is 2.17 bits per heavy atom. The van der Waals surface area contributed by atoms with Crippen molar-refractivity contribution in [1.29, 1.82) is 0 Å².